The molecule has 2 aromatic rings. The Morgan fingerprint density at radius 1 is 1.36 bits per heavy atom. The molecule has 1 aromatic carbocycles. The predicted molar refractivity (Wildman–Crippen MR) is 92.4 cm³/mol. The second-order valence-corrected chi connectivity index (χ2v) is 7.11. The van der Waals surface area contributed by atoms with E-state index in [-0.39, 0.29) is 30.9 Å². The first kappa shape index (κ1) is 17.5. The van der Waals surface area contributed by atoms with Crippen LogP contribution >= 0.6 is 0 Å². The summed E-state index contributed by atoms with van der Waals surface area (Å²) in [5.74, 6) is -0.907. The zero-order valence-electron chi connectivity index (χ0n) is 14.7. The number of fused-ring (bicyclic) bond motifs is 1. The number of carbonyl (C=O) groups is 2. The number of likely N-dealkylation sites (tertiary alicyclic amines) is 1. The van der Waals surface area contributed by atoms with Crippen molar-refractivity contribution in [2.45, 2.75) is 39.9 Å². The maximum atomic E-state index is 13.0. The first-order valence-electron chi connectivity index (χ1n) is 8.46. The fourth-order valence-electron chi connectivity index (χ4n) is 3.12. The maximum absolute atomic E-state index is 13.0. The van der Waals surface area contributed by atoms with E-state index in [1.54, 1.807) is 11.8 Å². The van der Waals surface area contributed by atoms with Crippen molar-refractivity contribution in [2.75, 3.05) is 13.1 Å². The molecule has 1 aliphatic heterocycles. The van der Waals surface area contributed by atoms with Gasteiger partial charge in [0.05, 0.1) is 18.1 Å². The normalized spacial score (nSPS) is 20.6. The monoisotopic (exact) mass is 345 g/mol. The average molecular weight is 345 g/mol. The Bertz CT molecular complexity index is 809. The van der Waals surface area contributed by atoms with Crippen LogP contribution < -0.4 is 0 Å². The molecule has 1 N–H and O–H groups in total. The molecular formula is C19H23NO5. The molecule has 0 saturated carbocycles. The molecule has 1 unspecified atom stereocenters. The fraction of sp³-hybridized carbons (Fsp3) is 0.474. The number of hydrogen-bond acceptors (Lipinski definition) is 4. The average Bonchev–Trinajstić information content (AvgIpc) is 3.14. The number of carboxylic acids is 1. The van der Waals surface area contributed by atoms with Gasteiger partial charge >= 0.3 is 5.97 Å². The molecule has 0 spiro atoms. The van der Waals surface area contributed by atoms with Crippen molar-refractivity contribution in [1.29, 1.82) is 0 Å². The first-order valence-corrected chi connectivity index (χ1v) is 8.46. The van der Waals surface area contributed by atoms with E-state index in [1.807, 2.05) is 38.1 Å². The molecule has 1 aliphatic rings. The van der Waals surface area contributed by atoms with Gasteiger partial charge in [-0.25, -0.2) is 0 Å². The van der Waals surface area contributed by atoms with Crippen LogP contribution in [0.25, 0.3) is 11.0 Å². The number of carbonyl (C=O) groups excluding carboxylic acids is 1. The molecule has 1 fully saturated rings. The van der Waals surface area contributed by atoms with Gasteiger partial charge < -0.3 is 19.2 Å². The van der Waals surface area contributed by atoms with Crippen molar-refractivity contribution in [1.82, 2.24) is 4.90 Å². The summed E-state index contributed by atoms with van der Waals surface area (Å²) >= 11 is 0. The van der Waals surface area contributed by atoms with Gasteiger partial charge in [-0.3, -0.25) is 9.59 Å². The van der Waals surface area contributed by atoms with Gasteiger partial charge in [0.25, 0.3) is 5.91 Å². The van der Waals surface area contributed by atoms with E-state index in [2.05, 4.69) is 0 Å². The van der Waals surface area contributed by atoms with E-state index in [9.17, 15) is 14.7 Å². The van der Waals surface area contributed by atoms with Crippen LogP contribution in [0.3, 0.4) is 0 Å². The SMILES string of the molecule is CC(C)OCc1c(C(=O)N2CCC(C)(C(=O)O)C2)oc2ccccc12. The summed E-state index contributed by atoms with van der Waals surface area (Å²) in [4.78, 5) is 26.0. The standard InChI is InChI=1S/C19H23NO5/c1-12(2)24-10-14-13-6-4-5-7-15(13)25-16(14)17(21)20-9-8-19(3,11-20)18(22)23/h4-7,12H,8-11H2,1-3H3,(H,22,23). The third kappa shape index (κ3) is 3.26. The molecule has 0 aliphatic carbocycles. The Kier molecular flexibility index (Phi) is 4.56. The van der Waals surface area contributed by atoms with Gasteiger partial charge in [-0.05, 0) is 33.3 Å². The van der Waals surface area contributed by atoms with Crippen molar-refractivity contribution in [3.05, 3.63) is 35.6 Å². The van der Waals surface area contributed by atoms with Crippen molar-refractivity contribution in [3.8, 4) is 0 Å². The number of aliphatic carboxylic acids is 1. The van der Waals surface area contributed by atoms with Crippen molar-refractivity contribution in [2.24, 2.45) is 5.41 Å². The molecule has 1 aromatic heterocycles. The highest BCUT2D eigenvalue weighted by Crippen LogP contribution is 2.33. The van der Waals surface area contributed by atoms with Crippen LogP contribution in [-0.4, -0.2) is 41.1 Å². The van der Waals surface area contributed by atoms with Gasteiger partial charge in [-0.15, -0.1) is 0 Å². The third-order valence-electron chi connectivity index (χ3n) is 4.73. The Morgan fingerprint density at radius 3 is 2.72 bits per heavy atom. The van der Waals surface area contributed by atoms with E-state index in [0.717, 1.165) is 10.9 Å². The number of ether oxygens (including phenoxy) is 1. The van der Waals surface area contributed by atoms with Gasteiger partial charge in [-0.1, -0.05) is 18.2 Å². The Balaban J connectivity index is 1.93. The van der Waals surface area contributed by atoms with E-state index in [4.69, 9.17) is 9.15 Å². The van der Waals surface area contributed by atoms with Crippen molar-refractivity contribution >= 4 is 22.8 Å². The summed E-state index contributed by atoms with van der Waals surface area (Å²) in [7, 11) is 0. The lowest BCUT2D eigenvalue weighted by Crippen LogP contribution is -2.35. The first-order chi connectivity index (χ1) is 11.8. The minimum Gasteiger partial charge on any atom is -0.481 e. The zero-order chi connectivity index (χ0) is 18.2. The number of para-hydroxylation sites is 1. The lowest BCUT2D eigenvalue weighted by atomic mass is 9.90. The summed E-state index contributed by atoms with van der Waals surface area (Å²) in [5.41, 5.74) is 0.447. The minimum absolute atomic E-state index is 0.0266. The van der Waals surface area contributed by atoms with Crippen LogP contribution in [0.1, 0.15) is 43.3 Å². The van der Waals surface area contributed by atoms with E-state index >= 15 is 0 Å². The largest absolute Gasteiger partial charge is 0.481 e. The molecule has 6 nitrogen and oxygen atoms in total. The topological polar surface area (TPSA) is 80.0 Å². The third-order valence-corrected chi connectivity index (χ3v) is 4.73. The van der Waals surface area contributed by atoms with Gasteiger partial charge in [0.15, 0.2) is 5.76 Å². The highest BCUT2D eigenvalue weighted by Gasteiger charge is 2.43. The fourth-order valence-corrected chi connectivity index (χ4v) is 3.12. The van der Waals surface area contributed by atoms with Crippen LogP contribution in [0.4, 0.5) is 0 Å². The molecule has 25 heavy (non-hydrogen) atoms. The minimum atomic E-state index is -0.906. The summed E-state index contributed by atoms with van der Waals surface area (Å²) in [5, 5.41) is 10.2. The van der Waals surface area contributed by atoms with Crippen molar-refractivity contribution < 1.29 is 23.8 Å². The quantitative estimate of drug-likeness (QED) is 0.899. The number of nitrogens with zero attached hydrogens (tertiary/aromatic N) is 1. The number of carboxylic acid groups (broad SMARTS) is 1. The van der Waals surface area contributed by atoms with Crippen LogP contribution in [-0.2, 0) is 16.1 Å². The maximum Gasteiger partial charge on any atom is 0.311 e. The molecule has 1 amide bonds. The lowest BCUT2D eigenvalue weighted by molar-refractivity contribution is -0.147. The summed E-state index contributed by atoms with van der Waals surface area (Å²) in [6.45, 7) is 6.40. The van der Waals surface area contributed by atoms with E-state index < -0.39 is 11.4 Å². The smallest absolute Gasteiger partial charge is 0.311 e. The molecule has 134 valence electrons. The molecule has 6 heteroatoms. The summed E-state index contributed by atoms with van der Waals surface area (Å²) in [6, 6.07) is 7.46. The summed E-state index contributed by atoms with van der Waals surface area (Å²) in [6.07, 6.45) is 0.463. The highest BCUT2D eigenvalue weighted by molar-refractivity contribution is 5.99. The number of hydrogen-bond donors (Lipinski definition) is 1. The molecule has 2 heterocycles. The van der Waals surface area contributed by atoms with Gasteiger partial charge in [-0.2, -0.15) is 0 Å². The van der Waals surface area contributed by atoms with Crippen LogP contribution in [0.2, 0.25) is 0 Å². The van der Waals surface area contributed by atoms with Gasteiger partial charge in [0.2, 0.25) is 0 Å². The Labute approximate surface area is 146 Å². The second kappa shape index (κ2) is 6.52. The molecule has 0 bridgehead atoms. The van der Waals surface area contributed by atoms with Crippen molar-refractivity contribution in [3.63, 3.8) is 0 Å². The molecule has 3 rings (SSSR count). The Morgan fingerprint density at radius 2 is 2.08 bits per heavy atom. The number of furan rings is 1. The molecule has 1 saturated heterocycles. The molecule has 0 radical (unpaired) electrons. The molecular weight excluding hydrogens is 322 g/mol. The van der Waals surface area contributed by atoms with E-state index in [1.165, 1.54) is 0 Å². The lowest BCUT2D eigenvalue weighted by Gasteiger charge is -2.19. The number of amides is 1. The second-order valence-electron chi connectivity index (χ2n) is 7.11. The van der Waals surface area contributed by atoms with Crippen LogP contribution in [0.15, 0.2) is 28.7 Å². The Hall–Kier alpha value is -2.34. The molecule has 1 atom stereocenters. The van der Waals surface area contributed by atoms with Crippen LogP contribution in [0, 0.1) is 5.41 Å². The number of rotatable bonds is 5. The van der Waals surface area contributed by atoms with Crippen LogP contribution in [0.5, 0.6) is 0 Å². The number of benzene rings is 1. The van der Waals surface area contributed by atoms with Gasteiger partial charge in [0.1, 0.15) is 5.58 Å². The summed E-state index contributed by atoms with van der Waals surface area (Å²) < 4.78 is 11.5. The highest BCUT2D eigenvalue weighted by atomic mass is 16.5. The van der Waals surface area contributed by atoms with E-state index in [0.29, 0.717) is 18.5 Å². The van der Waals surface area contributed by atoms with Gasteiger partial charge in [0, 0.05) is 24.0 Å². The predicted octanol–water partition coefficient (Wildman–Crippen LogP) is 3.29. The zero-order valence-corrected chi connectivity index (χ0v) is 14.7.